The van der Waals surface area contributed by atoms with E-state index < -0.39 is 0 Å². The molecule has 0 aliphatic carbocycles. The first kappa shape index (κ1) is 15.4. The van der Waals surface area contributed by atoms with Crippen molar-refractivity contribution >= 4 is 17.3 Å². The van der Waals surface area contributed by atoms with Gasteiger partial charge in [-0.3, -0.25) is 4.79 Å². The maximum absolute atomic E-state index is 12.4. The van der Waals surface area contributed by atoms with E-state index in [1.54, 1.807) is 11.8 Å². The van der Waals surface area contributed by atoms with Gasteiger partial charge in [-0.1, -0.05) is 10.3 Å². The molecule has 1 fully saturated rings. The summed E-state index contributed by atoms with van der Waals surface area (Å²) in [5.41, 5.74) is 0.598. The standard InChI is InChI=1S/C12H22N4O3/c1-10(13-18-3)11(14-19-4)12(17)16-7-5-6-15(2)8-9-16/h5-9H2,1-4H3. The van der Waals surface area contributed by atoms with E-state index in [4.69, 9.17) is 4.84 Å². The van der Waals surface area contributed by atoms with E-state index >= 15 is 0 Å². The van der Waals surface area contributed by atoms with Crippen LogP contribution in [0.1, 0.15) is 13.3 Å². The molecule has 0 aromatic rings. The summed E-state index contributed by atoms with van der Waals surface area (Å²) in [7, 11) is 4.89. The summed E-state index contributed by atoms with van der Waals surface area (Å²) in [6.45, 7) is 4.91. The molecule has 1 rings (SSSR count). The predicted molar refractivity (Wildman–Crippen MR) is 73.3 cm³/mol. The molecule has 7 nitrogen and oxygen atoms in total. The Hall–Kier alpha value is -1.63. The lowest BCUT2D eigenvalue weighted by molar-refractivity contribution is -0.123. The molecule has 0 aromatic heterocycles. The molecule has 0 aromatic carbocycles. The molecular formula is C12H22N4O3. The number of oxime groups is 2. The minimum atomic E-state index is -0.171. The lowest BCUT2D eigenvalue weighted by Gasteiger charge is -2.20. The van der Waals surface area contributed by atoms with Gasteiger partial charge in [0.05, 0.1) is 0 Å². The molecular weight excluding hydrogens is 248 g/mol. The molecule has 1 aliphatic rings. The van der Waals surface area contributed by atoms with Crippen LogP contribution in [-0.4, -0.2) is 74.6 Å². The first-order valence-corrected chi connectivity index (χ1v) is 6.27. The van der Waals surface area contributed by atoms with Crippen molar-refractivity contribution in [3.63, 3.8) is 0 Å². The molecule has 1 saturated heterocycles. The van der Waals surface area contributed by atoms with Crippen LogP contribution in [0, 0.1) is 0 Å². The fourth-order valence-corrected chi connectivity index (χ4v) is 1.93. The van der Waals surface area contributed by atoms with E-state index in [9.17, 15) is 4.79 Å². The number of amides is 1. The van der Waals surface area contributed by atoms with Gasteiger partial charge in [0.25, 0.3) is 5.91 Å². The van der Waals surface area contributed by atoms with Gasteiger partial charge < -0.3 is 19.5 Å². The number of rotatable bonds is 4. The second-order valence-electron chi connectivity index (χ2n) is 4.43. The quantitative estimate of drug-likeness (QED) is 0.540. The highest BCUT2D eigenvalue weighted by Crippen LogP contribution is 2.04. The first-order valence-electron chi connectivity index (χ1n) is 6.27. The van der Waals surface area contributed by atoms with Crippen LogP contribution in [0.25, 0.3) is 0 Å². The first-order chi connectivity index (χ1) is 9.10. The predicted octanol–water partition coefficient (Wildman–Crippen LogP) is 0.175. The highest BCUT2D eigenvalue weighted by atomic mass is 16.6. The maximum atomic E-state index is 12.4. The fraction of sp³-hybridized carbons (Fsp3) is 0.750. The van der Waals surface area contributed by atoms with Gasteiger partial charge in [0.15, 0.2) is 5.71 Å². The number of likely N-dealkylation sites (N-methyl/N-ethyl adjacent to an activating group) is 1. The van der Waals surface area contributed by atoms with Crippen LogP contribution in [0.15, 0.2) is 10.3 Å². The molecule has 1 amide bonds. The Bertz CT molecular complexity index is 368. The van der Waals surface area contributed by atoms with Gasteiger partial charge in [-0.25, -0.2) is 0 Å². The third-order valence-corrected chi connectivity index (χ3v) is 2.96. The van der Waals surface area contributed by atoms with Crippen molar-refractivity contribution in [3.05, 3.63) is 0 Å². The molecule has 0 bridgehead atoms. The SMILES string of the molecule is CON=C(C)C(=NOC)C(=O)N1CCCN(C)CC1. The Kier molecular flexibility index (Phi) is 6.27. The Morgan fingerprint density at radius 3 is 2.37 bits per heavy atom. The third-order valence-electron chi connectivity index (χ3n) is 2.96. The van der Waals surface area contributed by atoms with E-state index in [1.807, 2.05) is 0 Å². The zero-order chi connectivity index (χ0) is 14.3. The van der Waals surface area contributed by atoms with Gasteiger partial charge in [-0.05, 0) is 26.9 Å². The lowest BCUT2D eigenvalue weighted by Crippen LogP contribution is -2.41. The summed E-state index contributed by atoms with van der Waals surface area (Å²) in [6, 6.07) is 0. The Morgan fingerprint density at radius 1 is 1.05 bits per heavy atom. The largest absolute Gasteiger partial charge is 0.399 e. The van der Waals surface area contributed by atoms with E-state index in [-0.39, 0.29) is 11.6 Å². The van der Waals surface area contributed by atoms with Crippen molar-refractivity contribution in [1.29, 1.82) is 0 Å². The minimum absolute atomic E-state index is 0.171. The Morgan fingerprint density at radius 2 is 1.74 bits per heavy atom. The van der Waals surface area contributed by atoms with E-state index in [0.717, 1.165) is 19.5 Å². The number of carbonyl (C=O) groups is 1. The fourth-order valence-electron chi connectivity index (χ4n) is 1.93. The summed E-state index contributed by atoms with van der Waals surface area (Å²) < 4.78 is 0. The minimum Gasteiger partial charge on any atom is -0.399 e. The normalized spacial score (nSPS) is 19.1. The summed E-state index contributed by atoms with van der Waals surface area (Å²) in [5, 5.41) is 7.51. The smallest absolute Gasteiger partial charge is 0.277 e. The lowest BCUT2D eigenvalue weighted by atomic mass is 10.2. The average molecular weight is 270 g/mol. The van der Waals surface area contributed by atoms with Crippen molar-refractivity contribution < 1.29 is 14.5 Å². The van der Waals surface area contributed by atoms with Gasteiger partial charge in [0.2, 0.25) is 0 Å². The molecule has 0 radical (unpaired) electrons. The van der Waals surface area contributed by atoms with Gasteiger partial charge in [0.1, 0.15) is 19.9 Å². The Balaban J connectivity index is 2.82. The van der Waals surface area contributed by atoms with Crippen LogP contribution in [-0.2, 0) is 14.5 Å². The van der Waals surface area contributed by atoms with Crippen LogP contribution in [0.4, 0.5) is 0 Å². The summed E-state index contributed by atoms with van der Waals surface area (Å²) in [4.78, 5) is 25.8. The molecule has 7 heteroatoms. The number of carbonyl (C=O) groups excluding carboxylic acids is 1. The molecule has 0 N–H and O–H groups in total. The zero-order valence-corrected chi connectivity index (χ0v) is 12.0. The molecule has 0 unspecified atom stereocenters. The number of hydrogen-bond donors (Lipinski definition) is 0. The Labute approximate surface area is 113 Å². The van der Waals surface area contributed by atoms with Crippen molar-refractivity contribution in [1.82, 2.24) is 9.80 Å². The van der Waals surface area contributed by atoms with Crippen LogP contribution < -0.4 is 0 Å². The third kappa shape index (κ3) is 4.51. The van der Waals surface area contributed by atoms with Crippen molar-refractivity contribution in [3.8, 4) is 0 Å². The number of hydrogen-bond acceptors (Lipinski definition) is 6. The molecule has 19 heavy (non-hydrogen) atoms. The van der Waals surface area contributed by atoms with Crippen LogP contribution in [0.3, 0.4) is 0 Å². The van der Waals surface area contributed by atoms with Gasteiger partial charge in [-0.2, -0.15) is 0 Å². The maximum Gasteiger partial charge on any atom is 0.277 e. The molecule has 1 aliphatic heterocycles. The van der Waals surface area contributed by atoms with Crippen molar-refractivity contribution in [2.24, 2.45) is 10.3 Å². The van der Waals surface area contributed by atoms with E-state index in [2.05, 4.69) is 27.1 Å². The van der Waals surface area contributed by atoms with Crippen LogP contribution in [0.2, 0.25) is 0 Å². The van der Waals surface area contributed by atoms with E-state index in [1.165, 1.54) is 14.2 Å². The van der Waals surface area contributed by atoms with Crippen LogP contribution in [0.5, 0.6) is 0 Å². The molecule has 1 heterocycles. The molecule has 108 valence electrons. The van der Waals surface area contributed by atoms with Gasteiger partial charge in [0, 0.05) is 19.6 Å². The second-order valence-corrected chi connectivity index (χ2v) is 4.43. The van der Waals surface area contributed by atoms with Crippen molar-refractivity contribution in [2.75, 3.05) is 47.4 Å². The molecule has 0 atom stereocenters. The van der Waals surface area contributed by atoms with Crippen LogP contribution >= 0.6 is 0 Å². The summed E-state index contributed by atoms with van der Waals surface area (Å²) in [5.74, 6) is -0.171. The van der Waals surface area contributed by atoms with Gasteiger partial charge >= 0.3 is 0 Å². The highest BCUT2D eigenvalue weighted by molar-refractivity contribution is 6.66. The number of nitrogens with zero attached hydrogens (tertiary/aromatic N) is 4. The molecule has 0 spiro atoms. The monoisotopic (exact) mass is 270 g/mol. The van der Waals surface area contributed by atoms with E-state index in [0.29, 0.717) is 18.8 Å². The summed E-state index contributed by atoms with van der Waals surface area (Å²) >= 11 is 0. The summed E-state index contributed by atoms with van der Waals surface area (Å²) in [6.07, 6.45) is 0.947. The van der Waals surface area contributed by atoms with Crippen molar-refractivity contribution in [2.45, 2.75) is 13.3 Å². The average Bonchev–Trinajstić information content (AvgIpc) is 2.60. The molecule has 0 saturated carbocycles. The topological polar surface area (TPSA) is 66.7 Å². The highest BCUT2D eigenvalue weighted by Gasteiger charge is 2.25. The zero-order valence-electron chi connectivity index (χ0n) is 12.0. The second kappa shape index (κ2) is 7.73. The van der Waals surface area contributed by atoms with Gasteiger partial charge in [-0.15, -0.1) is 0 Å².